The van der Waals surface area contributed by atoms with Gasteiger partial charge in [-0.15, -0.1) is 11.6 Å². The van der Waals surface area contributed by atoms with Crippen LogP contribution in [0.25, 0.3) is 0 Å². The molecule has 0 radical (unpaired) electrons. The van der Waals surface area contributed by atoms with E-state index in [4.69, 9.17) is 27.9 Å². The fourth-order valence-corrected chi connectivity index (χ4v) is 2.36. The van der Waals surface area contributed by atoms with E-state index in [1.807, 2.05) is 38.1 Å². The number of aryl methyl sites for hydroxylation is 2. The van der Waals surface area contributed by atoms with E-state index in [2.05, 4.69) is 12.1 Å². The number of hydrogen-bond acceptors (Lipinski definition) is 1. The van der Waals surface area contributed by atoms with E-state index in [0.29, 0.717) is 12.5 Å². The van der Waals surface area contributed by atoms with Gasteiger partial charge in [0.25, 0.3) is 0 Å². The van der Waals surface area contributed by atoms with E-state index in [9.17, 15) is 0 Å². The summed E-state index contributed by atoms with van der Waals surface area (Å²) in [5.41, 5.74) is 4.45. The summed E-state index contributed by atoms with van der Waals surface area (Å²) in [6, 6.07) is 11.8. The van der Waals surface area contributed by atoms with Gasteiger partial charge < -0.3 is 4.74 Å². The van der Waals surface area contributed by atoms with Gasteiger partial charge in [-0.05, 0) is 48.2 Å². The highest BCUT2D eigenvalue weighted by atomic mass is 35.5. The normalized spacial score (nSPS) is 10.5. The first-order valence-electron chi connectivity index (χ1n) is 6.13. The van der Waals surface area contributed by atoms with Gasteiger partial charge in [0.15, 0.2) is 0 Å². The van der Waals surface area contributed by atoms with Crippen molar-refractivity contribution in [3.8, 4) is 5.75 Å². The maximum atomic E-state index is 5.91. The SMILES string of the molecule is Cc1cc(CCl)cc(C)c1OCc1ccc(Cl)cc1. The minimum absolute atomic E-state index is 0.527. The Kier molecular flexibility index (Phi) is 4.73. The number of hydrogen-bond donors (Lipinski definition) is 0. The van der Waals surface area contributed by atoms with Crippen LogP contribution in [0.4, 0.5) is 0 Å². The van der Waals surface area contributed by atoms with Crippen LogP contribution < -0.4 is 4.74 Å². The molecular formula is C16H16Cl2O. The molecule has 0 aliphatic rings. The highest BCUT2D eigenvalue weighted by molar-refractivity contribution is 6.30. The second kappa shape index (κ2) is 6.31. The minimum Gasteiger partial charge on any atom is -0.488 e. The standard InChI is InChI=1S/C16H16Cl2O/c1-11-7-14(9-17)8-12(2)16(11)19-10-13-3-5-15(18)6-4-13/h3-8H,9-10H2,1-2H3. The summed E-state index contributed by atoms with van der Waals surface area (Å²) in [5.74, 6) is 1.46. The molecule has 0 heterocycles. The van der Waals surface area contributed by atoms with Crippen molar-refractivity contribution in [3.63, 3.8) is 0 Å². The van der Waals surface area contributed by atoms with Gasteiger partial charge in [0.1, 0.15) is 12.4 Å². The predicted octanol–water partition coefficient (Wildman–Crippen LogP) is 5.27. The van der Waals surface area contributed by atoms with Gasteiger partial charge in [0, 0.05) is 10.9 Å². The van der Waals surface area contributed by atoms with Gasteiger partial charge in [-0.3, -0.25) is 0 Å². The smallest absolute Gasteiger partial charge is 0.125 e. The molecule has 100 valence electrons. The zero-order valence-electron chi connectivity index (χ0n) is 11.0. The molecule has 0 aliphatic carbocycles. The zero-order chi connectivity index (χ0) is 13.8. The van der Waals surface area contributed by atoms with E-state index in [1.165, 1.54) is 0 Å². The first-order chi connectivity index (χ1) is 9.10. The Labute approximate surface area is 124 Å². The second-order valence-electron chi connectivity index (χ2n) is 4.61. The molecule has 0 spiro atoms. The summed E-state index contributed by atoms with van der Waals surface area (Å²) in [6.07, 6.45) is 0. The van der Waals surface area contributed by atoms with Crippen molar-refractivity contribution in [2.45, 2.75) is 26.3 Å². The van der Waals surface area contributed by atoms with Gasteiger partial charge >= 0.3 is 0 Å². The van der Waals surface area contributed by atoms with Crippen LogP contribution in [0.2, 0.25) is 5.02 Å². The highest BCUT2D eigenvalue weighted by Gasteiger charge is 2.06. The van der Waals surface area contributed by atoms with Crippen molar-refractivity contribution in [1.29, 1.82) is 0 Å². The lowest BCUT2D eigenvalue weighted by atomic mass is 10.1. The van der Waals surface area contributed by atoms with E-state index < -0.39 is 0 Å². The largest absolute Gasteiger partial charge is 0.488 e. The molecule has 0 aliphatic heterocycles. The summed E-state index contributed by atoms with van der Waals surface area (Å²) in [6.45, 7) is 4.62. The van der Waals surface area contributed by atoms with Crippen molar-refractivity contribution in [1.82, 2.24) is 0 Å². The molecule has 1 nitrogen and oxygen atoms in total. The lowest BCUT2D eigenvalue weighted by molar-refractivity contribution is 0.302. The second-order valence-corrected chi connectivity index (χ2v) is 5.31. The highest BCUT2D eigenvalue weighted by Crippen LogP contribution is 2.26. The average molecular weight is 295 g/mol. The fraction of sp³-hybridized carbons (Fsp3) is 0.250. The van der Waals surface area contributed by atoms with E-state index >= 15 is 0 Å². The Morgan fingerprint density at radius 3 is 2.05 bits per heavy atom. The van der Waals surface area contributed by atoms with Gasteiger partial charge in [-0.2, -0.15) is 0 Å². The summed E-state index contributed by atoms with van der Waals surface area (Å²) in [4.78, 5) is 0. The Morgan fingerprint density at radius 1 is 0.947 bits per heavy atom. The number of halogens is 2. The van der Waals surface area contributed by atoms with Crippen molar-refractivity contribution in [2.24, 2.45) is 0 Å². The number of ether oxygens (including phenoxy) is 1. The summed E-state index contributed by atoms with van der Waals surface area (Å²) < 4.78 is 5.91. The quantitative estimate of drug-likeness (QED) is 0.698. The van der Waals surface area contributed by atoms with Crippen LogP contribution in [0.3, 0.4) is 0 Å². The lowest BCUT2D eigenvalue weighted by Gasteiger charge is -2.13. The molecule has 2 aromatic rings. The van der Waals surface area contributed by atoms with Crippen LogP contribution >= 0.6 is 23.2 Å². The topological polar surface area (TPSA) is 9.23 Å². The van der Waals surface area contributed by atoms with Crippen LogP contribution in [-0.4, -0.2) is 0 Å². The van der Waals surface area contributed by atoms with Crippen LogP contribution in [-0.2, 0) is 12.5 Å². The van der Waals surface area contributed by atoms with Crippen LogP contribution in [0.5, 0.6) is 5.75 Å². The van der Waals surface area contributed by atoms with Crippen molar-refractivity contribution < 1.29 is 4.74 Å². The molecule has 0 atom stereocenters. The Balaban J connectivity index is 2.13. The van der Waals surface area contributed by atoms with Crippen LogP contribution in [0, 0.1) is 13.8 Å². The molecule has 0 aromatic heterocycles. The third-order valence-corrected chi connectivity index (χ3v) is 3.53. The molecule has 2 aromatic carbocycles. The zero-order valence-corrected chi connectivity index (χ0v) is 12.6. The molecule has 0 unspecified atom stereocenters. The van der Waals surface area contributed by atoms with Crippen molar-refractivity contribution >= 4 is 23.2 Å². The van der Waals surface area contributed by atoms with Crippen LogP contribution in [0.1, 0.15) is 22.3 Å². The summed E-state index contributed by atoms with van der Waals surface area (Å²) in [7, 11) is 0. The lowest BCUT2D eigenvalue weighted by Crippen LogP contribution is -1.99. The van der Waals surface area contributed by atoms with Gasteiger partial charge in [0.2, 0.25) is 0 Å². The molecule has 0 bridgehead atoms. The van der Waals surface area contributed by atoms with Gasteiger partial charge in [-0.25, -0.2) is 0 Å². The van der Waals surface area contributed by atoms with E-state index in [-0.39, 0.29) is 0 Å². The number of rotatable bonds is 4. The molecule has 0 saturated heterocycles. The fourth-order valence-electron chi connectivity index (χ4n) is 2.08. The molecule has 0 saturated carbocycles. The Morgan fingerprint density at radius 2 is 1.53 bits per heavy atom. The van der Waals surface area contributed by atoms with E-state index in [0.717, 1.165) is 33.0 Å². The average Bonchev–Trinajstić information content (AvgIpc) is 2.39. The summed E-state index contributed by atoms with van der Waals surface area (Å²) >= 11 is 11.7. The number of alkyl halides is 1. The first kappa shape index (κ1) is 14.2. The maximum absolute atomic E-state index is 5.91. The van der Waals surface area contributed by atoms with Crippen molar-refractivity contribution in [3.05, 3.63) is 63.7 Å². The Bertz CT molecular complexity index is 538. The molecular weight excluding hydrogens is 279 g/mol. The number of benzene rings is 2. The molecule has 3 heteroatoms. The predicted molar refractivity (Wildman–Crippen MR) is 81.3 cm³/mol. The molecule has 2 rings (SSSR count). The van der Waals surface area contributed by atoms with Crippen LogP contribution in [0.15, 0.2) is 36.4 Å². The molecule has 19 heavy (non-hydrogen) atoms. The summed E-state index contributed by atoms with van der Waals surface area (Å²) in [5, 5.41) is 0.738. The molecule has 0 N–H and O–H groups in total. The van der Waals surface area contributed by atoms with Gasteiger partial charge in [0.05, 0.1) is 0 Å². The van der Waals surface area contributed by atoms with E-state index in [1.54, 1.807) is 0 Å². The molecule has 0 fully saturated rings. The van der Waals surface area contributed by atoms with Crippen molar-refractivity contribution in [2.75, 3.05) is 0 Å². The Hall–Kier alpha value is -1.18. The maximum Gasteiger partial charge on any atom is 0.125 e. The third-order valence-electron chi connectivity index (χ3n) is 2.97. The van der Waals surface area contributed by atoms with Gasteiger partial charge in [-0.1, -0.05) is 35.9 Å². The third kappa shape index (κ3) is 3.65. The monoisotopic (exact) mass is 294 g/mol. The molecule has 0 amide bonds. The first-order valence-corrected chi connectivity index (χ1v) is 7.04. The minimum atomic E-state index is 0.527.